The van der Waals surface area contributed by atoms with Crippen molar-refractivity contribution in [3.8, 4) is 0 Å². The Labute approximate surface area is 158 Å². The van der Waals surface area contributed by atoms with Gasteiger partial charge < -0.3 is 19.9 Å². The molecule has 0 bridgehead atoms. The van der Waals surface area contributed by atoms with E-state index in [4.69, 9.17) is 4.74 Å². The van der Waals surface area contributed by atoms with Crippen LogP contribution in [0.5, 0.6) is 0 Å². The lowest BCUT2D eigenvalue weighted by atomic mass is 10.1. The number of likely N-dealkylation sites (N-methyl/N-ethyl adjacent to an activating group) is 1. The van der Waals surface area contributed by atoms with Crippen LogP contribution in [0.3, 0.4) is 0 Å². The van der Waals surface area contributed by atoms with Crippen LogP contribution in [0.25, 0.3) is 0 Å². The number of carbonyl (C=O) groups is 3. The molecule has 1 saturated heterocycles. The molecule has 1 fully saturated rings. The Kier molecular flexibility index (Phi) is 6.63. The Balaban J connectivity index is 1.74. The predicted molar refractivity (Wildman–Crippen MR) is 100 cm³/mol. The number of nitrogens with one attached hydrogen (secondary N) is 1. The van der Waals surface area contributed by atoms with Crippen molar-refractivity contribution < 1.29 is 19.1 Å². The average molecular weight is 381 g/mol. The number of ether oxygens (including phenoxy) is 1. The summed E-state index contributed by atoms with van der Waals surface area (Å²) < 4.78 is 5.36. The van der Waals surface area contributed by atoms with Gasteiger partial charge in [0.1, 0.15) is 5.60 Å². The third kappa shape index (κ3) is 6.01. The van der Waals surface area contributed by atoms with Crippen molar-refractivity contribution in [2.75, 3.05) is 26.7 Å². The highest BCUT2D eigenvalue weighted by Crippen LogP contribution is 2.16. The maximum absolute atomic E-state index is 12.2. The zero-order valence-electron chi connectivity index (χ0n) is 15.8. The Morgan fingerprint density at radius 2 is 1.96 bits per heavy atom. The fraction of sp³-hybridized carbons (Fsp3) is 0.611. The third-order valence-electron chi connectivity index (χ3n) is 3.97. The molecular weight excluding hydrogens is 354 g/mol. The summed E-state index contributed by atoms with van der Waals surface area (Å²) in [4.78, 5) is 40.1. The minimum Gasteiger partial charge on any atom is -0.444 e. The molecule has 0 atom stereocenters. The van der Waals surface area contributed by atoms with Crippen molar-refractivity contribution in [3.63, 3.8) is 0 Å². The first kappa shape index (κ1) is 20.2. The lowest BCUT2D eigenvalue weighted by molar-refractivity contribution is -0.122. The summed E-state index contributed by atoms with van der Waals surface area (Å²) in [5.41, 5.74) is -0.512. The molecule has 1 aromatic rings. The number of hydrogen-bond donors (Lipinski definition) is 1. The van der Waals surface area contributed by atoms with Crippen molar-refractivity contribution in [1.29, 1.82) is 0 Å². The van der Waals surface area contributed by atoms with Gasteiger partial charge in [0.05, 0.1) is 11.4 Å². The summed E-state index contributed by atoms with van der Waals surface area (Å²) in [6.45, 7) is 6.63. The van der Waals surface area contributed by atoms with E-state index in [2.05, 4.69) is 5.32 Å². The highest BCUT2D eigenvalue weighted by Gasteiger charge is 2.27. The molecule has 8 heteroatoms. The van der Waals surface area contributed by atoms with Gasteiger partial charge in [-0.15, -0.1) is 11.3 Å². The first-order valence-corrected chi connectivity index (χ1v) is 9.60. The number of likely N-dealkylation sites (tertiary alicyclic amines) is 1. The number of rotatable bonds is 4. The van der Waals surface area contributed by atoms with E-state index in [-0.39, 0.29) is 30.5 Å². The normalized spacial score (nSPS) is 15.5. The van der Waals surface area contributed by atoms with Crippen LogP contribution in [0.4, 0.5) is 4.79 Å². The van der Waals surface area contributed by atoms with Gasteiger partial charge in [0.15, 0.2) is 0 Å². The van der Waals surface area contributed by atoms with Gasteiger partial charge in [0.2, 0.25) is 5.91 Å². The zero-order chi connectivity index (χ0) is 19.3. The average Bonchev–Trinajstić information content (AvgIpc) is 3.07. The fourth-order valence-corrected chi connectivity index (χ4v) is 3.40. The fourth-order valence-electron chi connectivity index (χ4n) is 2.68. The van der Waals surface area contributed by atoms with Crippen LogP contribution in [-0.2, 0) is 9.53 Å². The Bertz CT molecular complexity index is 631. The number of amides is 3. The van der Waals surface area contributed by atoms with Crippen molar-refractivity contribution in [1.82, 2.24) is 15.1 Å². The Hall–Kier alpha value is -2.09. The van der Waals surface area contributed by atoms with E-state index >= 15 is 0 Å². The summed E-state index contributed by atoms with van der Waals surface area (Å²) >= 11 is 1.36. The monoisotopic (exact) mass is 381 g/mol. The number of piperidine rings is 1. The van der Waals surface area contributed by atoms with Gasteiger partial charge >= 0.3 is 6.09 Å². The summed E-state index contributed by atoms with van der Waals surface area (Å²) in [7, 11) is 1.62. The second-order valence-corrected chi connectivity index (χ2v) is 8.40. The first-order valence-electron chi connectivity index (χ1n) is 8.72. The van der Waals surface area contributed by atoms with Gasteiger partial charge in [0, 0.05) is 26.2 Å². The second-order valence-electron chi connectivity index (χ2n) is 7.45. The molecule has 1 aromatic heterocycles. The largest absolute Gasteiger partial charge is 0.444 e. The molecule has 0 unspecified atom stereocenters. The minimum absolute atomic E-state index is 0.00595. The third-order valence-corrected chi connectivity index (χ3v) is 4.83. The van der Waals surface area contributed by atoms with Crippen molar-refractivity contribution in [3.05, 3.63) is 22.4 Å². The van der Waals surface area contributed by atoms with Crippen molar-refractivity contribution in [2.24, 2.45) is 0 Å². The summed E-state index contributed by atoms with van der Waals surface area (Å²) in [5, 5.41) is 4.78. The SMILES string of the molecule is CN(CC(=O)NC1CCN(C(=O)OC(C)(C)C)CC1)C(=O)c1cccs1. The molecule has 2 heterocycles. The van der Waals surface area contributed by atoms with Crippen molar-refractivity contribution in [2.45, 2.75) is 45.3 Å². The first-order chi connectivity index (χ1) is 12.2. The van der Waals surface area contributed by atoms with E-state index in [0.29, 0.717) is 30.8 Å². The molecule has 1 aliphatic heterocycles. The lowest BCUT2D eigenvalue weighted by Gasteiger charge is -2.33. The Morgan fingerprint density at radius 3 is 2.50 bits per heavy atom. The maximum atomic E-state index is 12.2. The molecule has 7 nitrogen and oxygen atoms in total. The van der Waals surface area contributed by atoms with Gasteiger partial charge in [-0.05, 0) is 45.1 Å². The van der Waals surface area contributed by atoms with Crippen molar-refractivity contribution >= 4 is 29.2 Å². The maximum Gasteiger partial charge on any atom is 0.410 e. The molecule has 26 heavy (non-hydrogen) atoms. The molecule has 3 amide bonds. The summed E-state index contributed by atoms with van der Waals surface area (Å²) in [6.07, 6.45) is 1.03. The lowest BCUT2D eigenvalue weighted by Crippen LogP contribution is -2.49. The molecule has 144 valence electrons. The van der Waals surface area contributed by atoms with E-state index in [1.54, 1.807) is 18.0 Å². The molecular formula is C18H27N3O4S. The molecule has 0 saturated carbocycles. The van der Waals surface area contributed by atoms with Crippen LogP contribution in [0, 0.1) is 0 Å². The van der Waals surface area contributed by atoms with Crippen LogP contribution >= 0.6 is 11.3 Å². The highest BCUT2D eigenvalue weighted by atomic mass is 32.1. The molecule has 2 rings (SSSR count). The van der Waals surface area contributed by atoms with Gasteiger partial charge in [-0.3, -0.25) is 9.59 Å². The Morgan fingerprint density at radius 1 is 1.31 bits per heavy atom. The van der Waals surface area contributed by atoms with Gasteiger partial charge in [0.25, 0.3) is 5.91 Å². The van der Waals surface area contributed by atoms with Gasteiger partial charge in [-0.2, -0.15) is 0 Å². The van der Waals surface area contributed by atoms with Crippen LogP contribution in [-0.4, -0.2) is 66.0 Å². The van der Waals surface area contributed by atoms with Gasteiger partial charge in [-0.25, -0.2) is 4.79 Å². The number of thiophene rings is 1. The number of hydrogen-bond acceptors (Lipinski definition) is 5. The highest BCUT2D eigenvalue weighted by molar-refractivity contribution is 7.12. The summed E-state index contributed by atoms with van der Waals surface area (Å²) in [5.74, 6) is -0.344. The van der Waals surface area contributed by atoms with E-state index in [0.717, 1.165) is 0 Å². The topological polar surface area (TPSA) is 79.0 Å². The summed E-state index contributed by atoms with van der Waals surface area (Å²) in [6, 6.07) is 3.56. The second kappa shape index (κ2) is 8.53. The van der Waals surface area contributed by atoms with Crippen LogP contribution < -0.4 is 5.32 Å². The quantitative estimate of drug-likeness (QED) is 0.868. The molecule has 0 radical (unpaired) electrons. The van der Waals surface area contributed by atoms with E-state index in [1.165, 1.54) is 16.2 Å². The number of nitrogens with zero attached hydrogens (tertiary/aromatic N) is 2. The molecule has 0 aromatic carbocycles. The molecule has 0 aliphatic carbocycles. The smallest absolute Gasteiger partial charge is 0.410 e. The molecule has 0 spiro atoms. The van der Waals surface area contributed by atoms with E-state index < -0.39 is 5.60 Å². The van der Waals surface area contributed by atoms with Crippen LogP contribution in [0.15, 0.2) is 17.5 Å². The zero-order valence-corrected chi connectivity index (χ0v) is 16.6. The van der Waals surface area contributed by atoms with E-state index in [9.17, 15) is 14.4 Å². The van der Waals surface area contributed by atoms with E-state index in [1.807, 2.05) is 32.2 Å². The molecule has 1 aliphatic rings. The number of carbonyl (C=O) groups excluding carboxylic acids is 3. The van der Waals surface area contributed by atoms with Crippen LogP contribution in [0.2, 0.25) is 0 Å². The standard InChI is InChI=1S/C18H27N3O4S/c1-18(2,3)25-17(24)21-9-7-13(8-10-21)19-15(22)12-20(4)16(23)14-6-5-11-26-14/h5-6,11,13H,7-10,12H2,1-4H3,(H,19,22). The minimum atomic E-state index is -0.512. The molecule has 1 N–H and O–H groups in total. The van der Waals surface area contributed by atoms with Gasteiger partial charge in [-0.1, -0.05) is 6.07 Å². The van der Waals surface area contributed by atoms with Crippen LogP contribution in [0.1, 0.15) is 43.3 Å². The predicted octanol–water partition coefficient (Wildman–Crippen LogP) is 2.34.